The molecule has 0 aliphatic heterocycles. The second-order valence-electron chi connectivity index (χ2n) is 5.72. The van der Waals surface area contributed by atoms with E-state index in [1.807, 2.05) is 6.07 Å². The van der Waals surface area contributed by atoms with Crippen LogP contribution >= 0.6 is 0 Å². The van der Waals surface area contributed by atoms with Crippen LogP contribution in [0.15, 0.2) is 17.0 Å². The number of benzene rings is 1. The van der Waals surface area contributed by atoms with Crippen molar-refractivity contribution in [1.29, 1.82) is 5.26 Å². The molecule has 1 aliphatic rings. The van der Waals surface area contributed by atoms with Crippen molar-refractivity contribution in [2.45, 2.75) is 49.8 Å². The molecular weight excluding hydrogens is 242 g/mol. The quantitative estimate of drug-likeness (QED) is 0.836. The maximum absolute atomic E-state index is 11.9. The summed E-state index contributed by atoms with van der Waals surface area (Å²) in [5, 5.41) is 9.30. The molecule has 18 heavy (non-hydrogen) atoms. The standard InChI is InChI=1S/C15H19NOS/c1-10(2)13-8-12(15(3)5-6-15)7-11(9-16)14(13)18(4)17/h7-8,10H,5-6H2,1-4H3. The third kappa shape index (κ3) is 2.22. The van der Waals surface area contributed by atoms with Crippen molar-refractivity contribution in [3.63, 3.8) is 0 Å². The molecule has 2 rings (SSSR count). The smallest absolute Gasteiger partial charge is 0.100 e. The first-order valence-electron chi connectivity index (χ1n) is 6.31. The van der Waals surface area contributed by atoms with Gasteiger partial charge in [0.15, 0.2) is 0 Å². The molecule has 0 N–H and O–H groups in total. The summed E-state index contributed by atoms with van der Waals surface area (Å²) < 4.78 is 11.9. The largest absolute Gasteiger partial charge is 0.255 e. The zero-order valence-electron chi connectivity index (χ0n) is 11.4. The van der Waals surface area contributed by atoms with Crippen LogP contribution in [0.2, 0.25) is 0 Å². The van der Waals surface area contributed by atoms with Crippen LogP contribution in [0.1, 0.15) is 56.2 Å². The number of nitrogens with zero attached hydrogens (tertiary/aromatic N) is 1. The fourth-order valence-corrected chi connectivity index (χ4v) is 3.35. The topological polar surface area (TPSA) is 40.9 Å². The lowest BCUT2D eigenvalue weighted by atomic mass is 9.91. The van der Waals surface area contributed by atoms with E-state index in [0.29, 0.717) is 11.5 Å². The van der Waals surface area contributed by atoms with Crippen molar-refractivity contribution in [3.05, 3.63) is 28.8 Å². The van der Waals surface area contributed by atoms with E-state index < -0.39 is 10.8 Å². The molecule has 3 heteroatoms. The third-order valence-electron chi connectivity index (χ3n) is 3.84. The summed E-state index contributed by atoms with van der Waals surface area (Å²) in [6.45, 7) is 6.41. The average Bonchev–Trinajstić information content (AvgIpc) is 3.06. The predicted octanol–water partition coefficient (Wildman–Crippen LogP) is 3.47. The highest BCUT2D eigenvalue weighted by molar-refractivity contribution is 7.84. The molecular formula is C15H19NOS. The normalized spacial score (nSPS) is 18.4. The highest BCUT2D eigenvalue weighted by Crippen LogP contribution is 2.48. The Kier molecular flexibility index (Phi) is 3.33. The minimum atomic E-state index is -1.11. The van der Waals surface area contributed by atoms with Crippen LogP contribution in [0.5, 0.6) is 0 Å². The SMILES string of the molecule is CC(C)c1cc(C2(C)CC2)cc(C#N)c1S(C)=O. The van der Waals surface area contributed by atoms with Crippen LogP contribution in [0.4, 0.5) is 0 Å². The van der Waals surface area contributed by atoms with Gasteiger partial charge in [-0.2, -0.15) is 5.26 Å². The molecule has 96 valence electrons. The summed E-state index contributed by atoms with van der Waals surface area (Å²) >= 11 is 0. The van der Waals surface area contributed by atoms with Crippen molar-refractivity contribution >= 4 is 10.8 Å². The first kappa shape index (κ1) is 13.3. The maximum atomic E-state index is 11.9. The van der Waals surface area contributed by atoms with Gasteiger partial charge in [0.2, 0.25) is 0 Å². The molecule has 1 aromatic carbocycles. The van der Waals surface area contributed by atoms with Crippen molar-refractivity contribution in [2.24, 2.45) is 0 Å². The van der Waals surface area contributed by atoms with Gasteiger partial charge in [-0.1, -0.05) is 26.8 Å². The molecule has 0 radical (unpaired) electrons. The van der Waals surface area contributed by atoms with E-state index in [4.69, 9.17) is 0 Å². The Labute approximate surface area is 111 Å². The predicted molar refractivity (Wildman–Crippen MR) is 74.2 cm³/mol. The van der Waals surface area contributed by atoms with Gasteiger partial charge in [-0.05, 0) is 41.4 Å². The lowest BCUT2D eigenvalue weighted by molar-refractivity contribution is 0.683. The maximum Gasteiger partial charge on any atom is 0.100 e. The highest BCUT2D eigenvalue weighted by atomic mass is 32.2. The van der Waals surface area contributed by atoms with E-state index in [1.54, 1.807) is 6.26 Å². The number of nitriles is 1. The Bertz CT molecular complexity index is 550. The molecule has 0 bridgehead atoms. The molecule has 1 aromatic rings. The number of hydrogen-bond acceptors (Lipinski definition) is 2. The summed E-state index contributed by atoms with van der Waals surface area (Å²) in [6.07, 6.45) is 4.02. The Balaban J connectivity index is 2.68. The summed E-state index contributed by atoms with van der Waals surface area (Å²) in [5.41, 5.74) is 3.13. The van der Waals surface area contributed by atoms with E-state index in [1.165, 1.54) is 18.4 Å². The van der Waals surface area contributed by atoms with Crippen LogP contribution in [-0.4, -0.2) is 10.5 Å². The summed E-state index contributed by atoms with van der Waals surface area (Å²) in [7, 11) is -1.11. The molecule has 0 heterocycles. The van der Waals surface area contributed by atoms with E-state index in [0.717, 1.165) is 10.5 Å². The summed E-state index contributed by atoms with van der Waals surface area (Å²) in [4.78, 5) is 0.723. The molecule has 1 saturated carbocycles. The van der Waals surface area contributed by atoms with Gasteiger partial charge in [0.1, 0.15) is 6.07 Å². The molecule has 1 aliphatic carbocycles. The Morgan fingerprint density at radius 2 is 2.00 bits per heavy atom. The zero-order chi connectivity index (χ0) is 13.5. The number of rotatable bonds is 3. The van der Waals surface area contributed by atoms with Crippen LogP contribution in [-0.2, 0) is 16.2 Å². The van der Waals surface area contributed by atoms with E-state index in [-0.39, 0.29) is 5.41 Å². The highest BCUT2D eigenvalue weighted by Gasteiger charge is 2.40. The molecule has 0 saturated heterocycles. The van der Waals surface area contributed by atoms with E-state index in [2.05, 4.69) is 32.9 Å². The van der Waals surface area contributed by atoms with Crippen LogP contribution in [0.3, 0.4) is 0 Å². The van der Waals surface area contributed by atoms with Crippen molar-refractivity contribution in [1.82, 2.24) is 0 Å². The summed E-state index contributed by atoms with van der Waals surface area (Å²) in [5.74, 6) is 0.290. The van der Waals surface area contributed by atoms with E-state index in [9.17, 15) is 9.47 Å². The van der Waals surface area contributed by atoms with Gasteiger partial charge in [-0.25, -0.2) is 0 Å². The van der Waals surface area contributed by atoms with Gasteiger partial charge >= 0.3 is 0 Å². The Morgan fingerprint density at radius 3 is 2.39 bits per heavy atom. The Hall–Kier alpha value is -1.14. The molecule has 0 spiro atoms. The molecule has 0 aromatic heterocycles. The van der Waals surface area contributed by atoms with Crippen LogP contribution in [0, 0.1) is 11.3 Å². The minimum absolute atomic E-state index is 0.239. The van der Waals surface area contributed by atoms with Crippen LogP contribution < -0.4 is 0 Å². The first-order valence-corrected chi connectivity index (χ1v) is 7.87. The minimum Gasteiger partial charge on any atom is -0.255 e. The first-order chi connectivity index (χ1) is 8.39. The average molecular weight is 261 g/mol. The van der Waals surface area contributed by atoms with Gasteiger partial charge in [-0.15, -0.1) is 0 Å². The monoisotopic (exact) mass is 261 g/mol. The van der Waals surface area contributed by atoms with Gasteiger partial charge < -0.3 is 0 Å². The van der Waals surface area contributed by atoms with Crippen LogP contribution in [0.25, 0.3) is 0 Å². The fourth-order valence-electron chi connectivity index (χ4n) is 2.31. The van der Waals surface area contributed by atoms with Gasteiger partial charge in [0.05, 0.1) is 21.3 Å². The van der Waals surface area contributed by atoms with Gasteiger partial charge in [0.25, 0.3) is 0 Å². The zero-order valence-corrected chi connectivity index (χ0v) is 12.2. The lowest BCUT2D eigenvalue weighted by Crippen LogP contribution is -2.07. The second kappa shape index (κ2) is 4.51. The third-order valence-corrected chi connectivity index (χ3v) is 4.88. The van der Waals surface area contributed by atoms with Crippen molar-refractivity contribution in [3.8, 4) is 6.07 Å². The lowest BCUT2D eigenvalue weighted by Gasteiger charge is -2.18. The fraction of sp³-hybridized carbons (Fsp3) is 0.533. The van der Waals surface area contributed by atoms with Gasteiger partial charge in [0, 0.05) is 6.26 Å². The molecule has 1 fully saturated rings. The molecule has 1 atom stereocenters. The summed E-state index contributed by atoms with van der Waals surface area (Å²) in [6, 6.07) is 6.32. The van der Waals surface area contributed by atoms with Gasteiger partial charge in [-0.3, -0.25) is 4.21 Å². The molecule has 0 amide bonds. The van der Waals surface area contributed by atoms with E-state index >= 15 is 0 Å². The number of hydrogen-bond donors (Lipinski definition) is 0. The molecule has 1 unspecified atom stereocenters. The molecule has 2 nitrogen and oxygen atoms in total. The Morgan fingerprint density at radius 1 is 1.39 bits per heavy atom. The second-order valence-corrected chi connectivity index (χ2v) is 7.04. The van der Waals surface area contributed by atoms with Crippen molar-refractivity contribution < 1.29 is 4.21 Å². The van der Waals surface area contributed by atoms with Crippen molar-refractivity contribution in [2.75, 3.05) is 6.26 Å².